The van der Waals surface area contributed by atoms with Crippen molar-refractivity contribution in [3.05, 3.63) is 36.0 Å². The summed E-state index contributed by atoms with van der Waals surface area (Å²) < 4.78 is 2.29. The molecule has 1 aliphatic heterocycles. The minimum absolute atomic E-state index is 0.332. The Morgan fingerprint density at radius 3 is 2.90 bits per heavy atom. The number of carbonyl (C=O) groups is 1. The van der Waals surface area contributed by atoms with Crippen LogP contribution in [0.15, 0.2) is 30.3 Å². The van der Waals surface area contributed by atoms with E-state index in [1.54, 1.807) is 0 Å². The Kier molecular flexibility index (Phi) is 4.00. The van der Waals surface area contributed by atoms with E-state index >= 15 is 0 Å². The molecule has 0 aliphatic carbocycles. The Morgan fingerprint density at radius 2 is 2.14 bits per heavy atom. The van der Waals surface area contributed by atoms with Crippen molar-refractivity contribution in [2.75, 3.05) is 13.1 Å². The SMILES string of the molecule is CCCCC(=O)N1CCC(c2cc3ccccc3n2C)C1. The number of unbranched alkanes of at least 4 members (excludes halogenated alkanes) is 1. The van der Waals surface area contributed by atoms with Crippen LogP contribution in [0, 0.1) is 0 Å². The molecule has 3 rings (SSSR count). The fourth-order valence-corrected chi connectivity index (χ4v) is 3.42. The first-order valence-electron chi connectivity index (χ1n) is 8.03. The summed E-state index contributed by atoms with van der Waals surface area (Å²) in [6, 6.07) is 10.8. The fourth-order valence-electron chi connectivity index (χ4n) is 3.42. The number of fused-ring (bicyclic) bond motifs is 1. The van der Waals surface area contributed by atoms with Crippen LogP contribution in [0.25, 0.3) is 10.9 Å². The van der Waals surface area contributed by atoms with Crippen molar-refractivity contribution in [3.63, 3.8) is 0 Å². The predicted molar refractivity (Wildman–Crippen MR) is 86.4 cm³/mol. The Morgan fingerprint density at radius 1 is 1.33 bits per heavy atom. The van der Waals surface area contributed by atoms with Crippen LogP contribution in [0.3, 0.4) is 0 Å². The molecular weight excluding hydrogens is 260 g/mol. The van der Waals surface area contributed by atoms with Crippen LogP contribution in [0.5, 0.6) is 0 Å². The summed E-state index contributed by atoms with van der Waals surface area (Å²) in [5.41, 5.74) is 2.64. The maximum absolute atomic E-state index is 12.2. The normalized spacial score (nSPS) is 18.6. The predicted octanol–water partition coefficient (Wildman–Crippen LogP) is 3.68. The van der Waals surface area contributed by atoms with Gasteiger partial charge in [0, 0.05) is 43.7 Å². The van der Waals surface area contributed by atoms with Gasteiger partial charge in [-0.1, -0.05) is 31.5 Å². The van der Waals surface area contributed by atoms with Crippen LogP contribution in [-0.4, -0.2) is 28.5 Å². The highest BCUT2D eigenvalue weighted by Gasteiger charge is 2.28. The third-order valence-electron chi connectivity index (χ3n) is 4.69. The van der Waals surface area contributed by atoms with Crippen molar-refractivity contribution in [1.29, 1.82) is 0 Å². The van der Waals surface area contributed by atoms with Gasteiger partial charge in [-0.3, -0.25) is 4.79 Å². The van der Waals surface area contributed by atoms with Gasteiger partial charge < -0.3 is 9.47 Å². The van der Waals surface area contributed by atoms with E-state index in [9.17, 15) is 4.79 Å². The first-order chi connectivity index (χ1) is 10.2. The van der Waals surface area contributed by atoms with E-state index in [0.717, 1.165) is 32.4 Å². The standard InChI is InChI=1S/C18H24N2O/c1-3-4-9-18(21)20-11-10-15(13-20)17-12-14-7-5-6-8-16(14)19(17)2/h5-8,12,15H,3-4,9-11,13H2,1-2H3. The van der Waals surface area contributed by atoms with Gasteiger partial charge in [-0.25, -0.2) is 0 Å². The second-order valence-corrected chi connectivity index (χ2v) is 6.12. The van der Waals surface area contributed by atoms with Gasteiger partial charge in [0.05, 0.1) is 0 Å². The molecule has 0 bridgehead atoms. The minimum Gasteiger partial charge on any atom is -0.347 e. The van der Waals surface area contributed by atoms with E-state index in [0.29, 0.717) is 18.2 Å². The van der Waals surface area contributed by atoms with E-state index < -0.39 is 0 Å². The Balaban J connectivity index is 1.76. The Labute approximate surface area is 126 Å². The van der Waals surface area contributed by atoms with Gasteiger partial charge in [0.1, 0.15) is 0 Å². The van der Waals surface area contributed by atoms with E-state index in [2.05, 4.69) is 53.8 Å². The lowest BCUT2D eigenvalue weighted by Gasteiger charge is -2.17. The van der Waals surface area contributed by atoms with Gasteiger partial charge in [0.25, 0.3) is 0 Å². The number of likely N-dealkylation sites (tertiary alicyclic amines) is 1. The van der Waals surface area contributed by atoms with Crippen LogP contribution in [0.4, 0.5) is 0 Å². The molecule has 1 saturated heterocycles. The Bertz CT molecular complexity index is 644. The van der Waals surface area contributed by atoms with E-state index in [1.165, 1.54) is 16.6 Å². The third-order valence-corrected chi connectivity index (χ3v) is 4.69. The highest BCUT2D eigenvalue weighted by Crippen LogP contribution is 2.31. The lowest BCUT2D eigenvalue weighted by Crippen LogP contribution is -2.28. The number of hydrogen-bond acceptors (Lipinski definition) is 1. The van der Waals surface area contributed by atoms with Crippen LogP contribution < -0.4 is 0 Å². The van der Waals surface area contributed by atoms with Crippen LogP contribution in [0.1, 0.15) is 44.2 Å². The summed E-state index contributed by atoms with van der Waals surface area (Å²) in [6.07, 6.45) is 3.89. The van der Waals surface area contributed by atoms with Crippen molar-refractivity contribution >= 4 is 16.8 Å². The minimum atomic E-state index is 0.332. The van der Waals surface area contributed by atoms with Gasteiger partial charge in [0.2, 0.25) is 5.91 Å². The molecule has 1 atom stereocenters. The summed E-state index contributed by atoms with van der Waals surface area (Å²) >= 11 is 0. The number of nitrogens with zero attached hydrogens (tertiary/aromatic N) is 2. The van der Waals surface area contributed by atoms with Crippen LogP contribution >= 0.6 is 0 Å². The molecule has 0 saturated carbocycles. The van der Waals surface area contributed by atoms with Crippen molar-refractivity contribution in [1.82, 2.24) is 9.47 Å². The van der Waals surface area contributed by atoms with Crippen molar-refractivity contribution < 1.29 is 4.79 Å². The highest BCUT2D eigenvalue weighted by atomic mass is 16.2. The molecule has 3 nitrogen and oxygen atoms in total. The summed E-state index contributed by atoms with van der Waals surface area (Å²) in [6.45, 7) is 3.93. The molecule has 1 fully saturated rings. The average molecular weight is 284 g/mol. The third kappa shape index (κ3) is 2.69. The molecule has 0 spiro atoms. The largest absolute Gasteiger partial charge is 0.347 e. The molecule has 2 heterocycles. The summed E-state index contributed by atoms with van der Waals surface area (Å²) in [5, 5.41) is 1.30. The molecule has 0 N–H and O–H groups in total. The number of aryl methyl sites for hydroxylation is 1. The molecule has 21 heavy (non-hydrogen) atoms. The van der Waals surface area contributed by atoms with Crippen molar-refractivity contribution in [2.45, 2.75) is 38.5 Å². The molecule has 1 aromatic carbocycles. The van der Waals surface area contributed by atoms with Gasteiger partial charge >= 0.3 is 0 Å². The fraction of sp³-hybridized carbons (Fsp3) is 0.500. The quantitative estimate of drug-likeness (QED) is 0.840. The summed E-state index contributed by atoms with van der Waals surface area (Å²) in [5.74, 6) is 0.811. The molecule has 1 aromatic heterocycles. The number of amides is 1. The monoisotopic (exact) mass is 284 g/mol. The Hall–Kier alpha value is -1.77. The summed E-state index contributed by atoms with van der Waals surface area (Å²) in [7, 11) is 2.14. The average Bonchev–Trinajstić information content (AvgIpc) is 3.10. The van der Waals surface area contributed by atoms with Crippen molar-refractivity contribution in [3.8, 4) is 0 Å². The maximum Gasteiger partial charge on any atom is 0.222 e. The number of hydrogen-bond donors (Lipinski definition) is 0. The second-order valence-electron chi connectivity index (χ2n) is 6.12. The number of benzene rings is 1. The number of carbonyl (C=O) groups excluding carboxylic acids is 1. The number of aromatic nitrogens is 1. The topological polar surface area (TPSA) is 25.2 Å². The zero-order chi connectivity index (χ0) is 14.8. The van der Waals surface area contributed by atoms with Gasteiger partial charge in [-0.05, 0) is 30.4 Å². The van der Waals surface area contributed by atoms with E-state index in [1.807, 2.05) is 0 Å². The van der Waals surface area contributed by atoms with Gasteiger partial charge in [-0.15, -0.1) is 0 Å². The molecular formula is C18H24N2O. The first kappa shape index (κ1) is 14.2. The number of rotatable bonds is 4. The molecule has 1 aliphatic rings. The highest BCUT2D eigenvalue weighted by molar-refractivity contribution is 5.81. The van der Waals surface area contributed by atoms with Crippen LogP contribution in [-0.2, 0) is 11.8 Å². The van der Waals surface area contributed by atoms with E-state index in [-0.39, 0.29) is 0 Å². The summed E-state index contributed by atoms with van der Waals surface area (Å²) in [4.78, 5) is 14.2. The molecule has 2 aromatic rings. The van der Waals surface area contributed by atoms with E-state index in [4.69, 9.17) is 0 Å². The first-order valence-corrected chi connectivity index (χ1v) is 8.03. The van der Waals surface area contributed by atoms with Crippen molar-refractivity contribution in [2.24, 2.45) is 7.05 Å². The molecule has 1 amide bonds. The molecule has 112 valence electrons. The molecule has 3 heteroatoms. The molecule has 0 radical (unpaired) electrons. The lowest BCUT2D eigenvalue weighted by atomic mass is 10.0. The van der Waals surface area contributed by atoms with Gasteiger partial charge in [-0.2, -0.15) is 0 Å². The van der Waals surface area contributed by atoms with Crippen LogP contribution in [0.2, 0.25) is 0 Å². The zero-order valence-corrected chi connectivity index (χ0v) is 13.0. The molecule has 1 unspecified atom stereocenters. The maximum atomic E-state index is 12.2. The zero-order valence-electron chi connectivity index (χ0n) is 13.0. The second kappa shape index (κ2) is 5.92. The lowest BCUT2D eigenvalue weighted by molar-refractivity contribution is -0.130. The number of para-hydroxylation sites is 1. The smallest absolute Gasteiger partial charge is 0.222 e. The van der Waals surface area contributed by atoms with Gasteiger partial charge in [0.15, 0.2) is 0 Å².